The van der Waals surface area contributed by atoms with Crippen LogP contribution in [0.3, 0.4) is 0 Å². The van der Waals surface area contributed by atoms with Gasteiger partial charge in [-0.2, -0.15) is 0 Å². The Hall–Kier alpha value is -4.32. The average molecular weight is 587 g/mol. The first-order chi connectivity index (χ1) is 20.1. The fourth-order valence-electron chi connectivity index (χ4n) is 4.94. The second-order valence-corrected chi connectivity index (χ2v) is 10.5. The smallest absolute Gasteiger partial charge is 0.457 e. The normalized spacial score (nSPS) is 14.0. The number of rotatable bonds is 10. The molecular weight excluding hydrogens is 549 g/mol. The molecule has 9 nitrogen and oxygen atoms in total. The molecule has 2 aromatic carbocycles. The summed E-state index contributed by atoms with van der Waals surface area (Å²) in [6.07, 6.45) is -0.836. The highest BCUT2D eigenvalue weighted by molar-refractivity contribution is 5.92. The fourth-order valence-corrected chi connectivity index (χ4v) is 4.94. The van der Waals surface area contributed by atoms with Gasteiger partial charge in [-0.05, 0) is 73.8 Å². The number of fused-ring (bicyclic) bond motifs is 1. The molecule has 4 aromatic rings. The summed E-state index contributed by atoms with van der Waals surface area (Å²) in [5, 5.41) is 6.11. The van der Waals surface area contributed by atoms with Crippen molar-refractivity contribution in [1.29, 1.82) is 0 Å². The van der Waals surface area contributed by atoms with Gasteiger partial charge in [0.25, 0.3) is 5.91 Å². The van der Waals surface area contributed by atoms with Gasteiger partial charge in [-0.25, -0.2) is 4.98 Å². The average Bonchev–Trinajstić information content (AvgIpc) is 3.56. The molecule has 0 spiro atoms. The van der Waals surface area contributed by atoms with Crippen LogP contribution in [0.5, 0.6) is 17.2 Å². The number of carbonyl (C=O) groups excluding carboxylic acids is 1. The number of alkyl halides is 3. The molecule has 3 heterocycles. The molecule has 0 radical (unpaired) electrons. The Morgan fingerprint density at radius 3 is 2.57 bits per heavy atom. The molecule has 226 valence electrons. The molecule has 1 saturated heterocycles. The Morgan fingerprint density at radius 2 is 1.83 bits per heavy atom. The first kappa shape index (κ1) is 29.2. The quantitative estimate of drug-likeness (QED) is 0.210. The lowest BCUT2D eigenvalue weighted by Crippen LogP contribution is -2.33. The largest absolute Gasteiger partial charge is 0.573 e. The van der Waals surface area contributed by atoms with Crippen molar-refractivity contribution in [3.63, 3.8) is 0 Å². The number of aryl methyl sites for hydroxylation is 1. The van der Waals surface area contributed by atoms with Gasteiger partial charge in [0, 0.05) is 47.0 Å². The minimum Gasteiger partial charge on any atom is -0.457 e. The zero-order valence-electron chi connectivity index (χ0n) is 23.7. The van der Waals surface area contributed by atoms with Crippen LogP contribution in [-0.2, 0) is 7.05 Å². The highest BCUT2D eigenvalue weighted by Crippen LogP contribution is 2.35. The Labute approximate surface area is 244 Å². The summed E-state index contributed by atoms with van der Waals surface area (Å²) in [6.45, 7) is 7.12. The van der Waals surface area contributed by atoms with Crippen LogP contribution in [0.4, 0.5) is 24.8 Å². The van der Waals surface area contributed by atoms with Crippen molar-refractivity contribution in [3.05, 3.63) is 66.0 Å². The molecule has 1 amide bonds. The molecule has 42 heavy (non-hydrogen) atoms. The number of halogens is 3. The first-order valence-electron chi connectivity index (χ1n) is 13.8. The predicted octanol–water partition coefficient (Wildman–Crippen LogP) is 6.84. The predicted molar refractivity (Wildman–Crippen MR) is 158 cm³/mol. The number of anilines is 2. The lowest BCUT2D eigenvalue weighted by molar-refractivity contribution is -0.274. The number of hydrogen-bond acceptors (Lipinski definition) is 7. The van der Waals surface area contributed by atoms with E-state index in [1.807, 2.05) is 17.7 Å². The Bertz CT molecular complexity index is 1580. The topological polar surface area (TPSA) is 93.5 Å². The van der Waals surface area contributed by atoms with Gasteiger partial charge >= 0.3 is 6.36 Å². The van der Waals surface area contributed by atoms with E-state index in [9.17, 15) is 18.0 Å². The van der Waals surface area contributed by atoms with E-state index in [1.165, 1.54) is 31.2 Å². The number of carbonyl (C=O) groups is 1. The highest BCUT2D eigenvalue weighted by Gasteiger charge is 2.32. The van der Waals surface area contributed by atoms with Crippen molar-refractivity contribution >= 4 is 28.6 Å². The summed E-state index contributed by atoms with van der Waals surface area (Å²) in [6, 6.07) is 13.1. The molecule has 0 atom stereocenters. The maximum absolute atomic E-state index is 12.8. The summed E-state index contributed by atoms with van der Waals surface area (Å²) >= 11 is 0. The molecule has 1 aliphatic rings. The Kier molecular flexibility index (Phi) is 8.53. The van der Waals surface area contributed by atoms with Gasteiger partial charge in [-0.3, -0.25) is 9.78 Å². The van der Waals surface area contributed by atoms with Crippen LogP contribution in [0, 0.1) is 0 Å². The standard InChI is InChI=1S/C30H33F3N6O3.2H2/c1-19(2)23-16-20(6-9-27(23)42-30(31,32)33)36-29-37-24-17-21(7-8-26(24)38(29)3)41-22-10-11-34-25(18-22)28(40)35-12-15-39-13-4-5-14-39;;/h6-11,16-19H,4-5,12-15H2,1-3H3,(H,35,40)(H,36,37);2*1H. The zero-order chi connectivity index (χ0) is 29.9. The van der Waals surface area contributed by atoms with Gasteiger partial charge < -0.3 is 29.6 Å². The number of aromatic nitrogens is 3. The third kappa shape index (κ3) is 7.11. The number of benzene rings is 2. The van der Waals surface area contributed by atoms with Gasteiger partial charge in [-0.1, -0.05) is 13.8 Å². The zero-order valence-corrected chi connectivity index (χ0v) is 23.7. The number of likely N-dealkylation sites (tertiary alicyclic amines) is 1. The SMILES string of the molecule is CC(C)c1cc(Nc2nc3cc(Oc4ccnc(C(=O)NCCN5CCCC5)c4)ccc3n2C)ccc1OC(F)(F)F.[HH].[HH]. The minimum atomic E-state index is -4.77. The maximum atomic E-state index is 12.8. The molecule has 0 aliphatic carbocycles. The summed E-state index contributed by atoms with van der Waals surface area (Å²) in [4.78, 5) is 23.8. The minimum absolute atomic E-state index is 0. The number of nitrogens with one attached hydrogen (secondary N) is 2. The second kappa shape index (κ2) is 12.3. The van der Waals surface area contributed by atoms with E-state index < -0.39 is 6.36 Å². The van der Waals surface area contributed by atoms with Crippen LogP contribution in [-0.4, -0.2) is 57.9 Å². The lowest BCUT2D eigenvalue weighted by atomic mass is 10.0. The molecule has 2 aromatic heterocycles. The van der Waals surface area contributed by atoms with Gasteiger partial charge in [0.2, 0.25) is 5.95 Å². The van der Waals surface area contributed by atoms with E-state index in [0.29, 0.717) is 40.8 Å². The first-order valence-corrected chi connectivity index (χ1v) is 13.8. The van der Waals surface area contributed by atoms with Crippen LogP contribution >= 0.6 is 0 Å². The molecular formula is C30H37F3N6O3. The van der Waals surface area contributed by atoms with E-state index in [4.69, 9.17) is 4.74 Å². The lowest BCUT2D eigenvalue weighted by Gasteiger charge is -2.17. The number of hydrogen-bond donors (Lipinski definition) is 2. The van der Waals surface area contributed by atoms with Crippen LogP contribution < -0.4 is 20.1 Å². The van der Waals surface area contributed by atoms with Crippen LogP contribution in [0.25, 0.3) is 11.0 Å². The summed E-state index contributed by atoms with van der Waals surface area (Å²) in [5.74, 6) is 0.806. The van der Waals surface area contributed by atoms with Crippen LogP contribution in [0.2, 0.25) is 0 Å². The van der Waals surface area contributed by atoms with E-state index >= 15 is 0 Å². The second-order valence-electron chi connectivity index (χ2n) is 10.5. The van der Waals surface area contributed by atoms with Crippen LogP contribution in [0.1, 0.15) is 51.5 Å². The van der Waals surface area contributed by atoms with Gasteiger partial charge in [0.15, 0.2) is 0 Å². The maximum Gasteiger partial charge on any atom is 0.573 e. The third-order valence-corrected chi connectivity index (χ3v) is 7.08. The molecule has 0 saturated carbocycles. The molecule has 12 heteroatoms. The summed E-state index contributed by atoms with van der Waals surface area (Å²) < 4.78 is 50.6. The highest BCUT2D eigenvalue weighted by atomic mass is 19.4. The third-order valence-electron chi connectivity index (χ3n) is 7.08. The molecule has 0 unspecified atom stereocenters. The van der Waals surface area contributed by atoms with E-state index in [0.717, 1.165) is 25.2 Å². The summed E-state index contributed by atoms with van der Waals surface area (Å²) in [5.41, 5.74) is 2.73. The van der Waals surface area contributed by atoms with Crippen molar-refractivity contribution in [3.8, 4) is 17.2 Å². The number of pyridine rings is 1. The van der Waals surface area contributed by atoms with Crippen LogP contribution in [0.15, 0.2) is 54.7 Å². The Morgan fingerprint density at radius 1 is 1.07 bits per heavy atom. The molecule has 1 fully saturated rings. The van der Waals surface area contributed by atoms with Crippen molar-refractivity contribution in [2.75, 3.05) is 31.5 Å². The summed E-state index contributed by atoms with van der Waals surface area (Å²) in [7, 11) is 1.83. The van der Waals surface area contributed by atoms with Gasteiger partial charge in [0.05, 0.1) is 11.0 Å². The molecule has 0 bridgehead atoms. The van der Waals surface area contributed by atoms with Gasteiger partial charge in [0.1, 0.15) is 22.9 Å². The monoisotopic (exact) mass is 586 g/mol. The van der Waals surface area contributed by atoms with Crippen molar-refractivity contribution < 1.29 is 30.3 Å². The van der Waals surface area contributed by atoms with Crippen molar-refractivity contribution in [2.45, 2.75) is 39.0 Å². The van der Waals surface area contributed by atoms with E-state index in [-0.39, 0.29) is 26.1 Å². The number of nitrogens with zero attached hydrogens (tertiary/aromatic N) is 4. The van der Waals surface area contributed by atoms with Crippen molar-refractivity contribution in [1.82, 2.24) is 24.8 Å². The van der Waals surface area contributed by atoms with Crippen molar-refractivity contribution in [2.24, 2.45) is 7.05 Å². The molecule has 2 N–H and O–H groups in total. The fraction of sp³-hybridized carbons (Fsp3) is 0.367. The number of ether oxygens (including phenoxy) is 2. The number of amides is 1. The van der Waals surface area contributed by atoms with E-state index in [2.05, 4.69) is 30.2 Å². The molecule has 5 rings (SSSR count). The Balaban J connectivity index is 0.00000264. The van der Waals surface area contributed by atoms with Gasteiger partial charge in [-0.15, -0.1) is 13.2 Å². The number of imidazole rings is 1. The molecule has 1 aliphatic heterocycles. The van der Waals surface area contributed by atoms with E-state index in [1.54, 1.807) is 44.2 Å².